The third kappa shape index (κ3) is 4.38. The molecule has 1 saturated heterocycles. The summed E-state index contributed by atoms with van der Waals surface area (Å²) in [5.41, 5.74) is 1.01. The van der Waals surface area contributed by atoms with Crippen molar-refractivity contribution in [2.24, 2.45) is 0 Å². The molecule has 1 N–H and O–H groups in total. The first-order valence-electron chi connectivity index (χ1n) is 8.45. The first-order chi connectivity index (χ1) is 11.7. The van der Waals surface area contributed by atoms with Crippen molar-refractivity contribution < 1.29 is 18.7 Å². The molecule has 0 spiro atoms. The fraction of sp³-hybridized carbons (Fsp3) is 0.421. The standard InChI is InChI=1S/C19H23NO4/c1-2-15-9-10-18(24-15)19(21)20-12-14-5-7-16(8-6-14)23-13-17-4-3-11-22-17/h5-10,17H,2-4,11-13H2,1H3,(H,20,21). The summed E-state index contributed by atoms with van der Waals surface area (Å²) in [5, 5.41) is 2.86. The molecular formula is C19H23NO4. The maximum absolute atomic E-state index is 12.0. The van der Waals surface area contributed by atoms with Gasteiger partial charge < -0.3 is 19.2 Å². The molecule has 1 aliphatic rings. The zero-order valence-corrected chi connectivity index (χ0v) is 13.9. The van der Waals surface area contributed by atoms with Crippen molar-refractivity contribution in [1.82, 2.24) is 5.32 Å². The van der Waals surface area contributed by atoms with Crippen LogP contribution >= 0.6 is 0 Å². The minimum atomic E-state index is -0.201. The Morgan fingerprint density at radius 3 is 2.75 bits per heavy atom. The van der Waals surface area contributed by atoms with Crippen molar-refractivity contribution in [3.63, 3.8) is 0 Å². The lowest BCUT2D eigenvalue weighted by molar-refractivity contribution is 0.0679. The molecule has 1 fully saturated rings. The molecular weight excluding hydrogens is 306 g/mol. The molecule has 0 aliphatic carbocycles. The van der Waals surface area contributed by atoms with E-state index < -0.39 is 0 Å². The van der Waals surface area contributed by atoms with E-state index in [0.717, 1.165) is 42.9 Å². The van der Waals surface area contributed by atoms with E-state index in [1.54, 1.807) is 6.07 Å². The molecule has 0 bridgehead atoms. The van der Waals surface area contributed by atoms with E-state index in [1.807, 2.05) is 37.3 Å². The summed E-state index contributed by atoms with van der Waals surface area (Å²) in [4.78, 5) is 12.0. The van der Waals surface area contributed by atoms with E-state index in [9.17, 15) is 4.79 Å². The van der Waals surface area contributed by atoms with E-state index >= 15 is 0 Å². The van der Waals surface area contributed by atoms with Gasteiger partial charge in [0.2, 0.25) is 0 Å². The van der Waals surface area contributed by atoms with Crippen LogP contribution in [0.3, 0.4) is 0 Å². The van der Waals surface area contributed by atoms with Gasteiger partial charge in [-0.05, 0) is 42.7 Å². The number of rotatable bonds is 7. The average Bonchev–Trinajstić information content (AvgIpc) is 3.30. The van der Waals surface area contributed by atoms with E-state index in [-0.39, 0.29) is 12.0 Å². The number of benzene rings is 1. The van der Waals surface area contributed by atoms with Gasteiger partial charge in [0.25, 0.3) is 5.91 Å². The molecule has 1 unspecified atom stereocenters. The van der Waals surface area contributed by atoms with Crippen LogP contribution in [0.15, 0.2) is 40.8 Å². The van der Waals surface area contributed by atoms with Gasteiger partial charge in [-0.3, -0.25) is 4.79 Å². The molecule has 3 rings (SSSR count). The molecule has 128 valence electrons. The molecule has 5 heteroatoms. The van der Waals surface area contributed by atoms with Gasteiger partial charge in [0.1, 0.15) is 18.1 Å². The molecule has 1 aliphatic heterocycles. The first-order valence-corrected chi connectivity index (χ1v) is 8.45. The predicted octanol–water partition coefficient (Wildman–Crippen LogP) is 3.33. The van der Waals surface area contributed by atoms with Crippen LogP contribution in [0.2, 0.25) is 0 Å². The number of carbonyl (C=O) groups excluding carboxylic acids is 1. The lowest BCUT2D eigenvalue weighted by Gasteiger charge is -2.11. The molecule has 1 aromatic heterocycles. The van der Waals surface area contributed by atoms with Crippen molar-refractivity contribution in [3.8, 4) is 5.75 Å². The highest BCUT2D eigenvalue weighted by molar-refractivity contribution is 5.91. The second-order valence-electron chi connectivity index (χ2n) is 5.89. The molecule has 1 amide bonds. The van der Waals surface area contributed by atoms with Crippen molar-refractivity contribution in [3.05, 3.63) is 53.5 Å². The first kappa shape index (κ1) is 16.6. The van der Waals surface area contributed by atoms with Crippen molar-refractivity contribution in [2.45, 2.75) is 38.8 Å². The minimum Gasteiger partial charge on any atom is -0.491 e. The summed E-state index contributed by atoms with van der Waals surface area (Å²) in [6.45, 7) is 3.87. The molecule has 24 heavy (non-hydrogen) atoms. The van der Waals surface area contributed by atoms with Gasteiger partial charge in [-0.25, -0.2) is 0 Å². The third-order valence-electron chi connectivity index (χ3n) is 4.07. The van der Waals surface area contributed by atoms with Gasteiger partial charge in [-0.15, -0.1) is 0 Å². The zero-order chi connectivity index (χ0) is 16.8. The SMILES string of the molecule is CCc1ccc(C(=O)NCc2ccc(OCC3CCCO3)cc2)o1. The summed E-state index contributed by atoms with van der Waals surface area (Å²) in [5.74, 6) is 1.78. The Kier molecular flexibility index (Phi) is 5.54. The highest BCUT2D eigenvalue weighted by Crippen LogP contribution is 2.16. The van der Waals surface area contributed by atoms with Crippen LogP contribution in [0.5, 0.6) is 5.75 Å². The van der Waals surface area contributed by atoms with E-state index in [1.165, 1.54) is 0 Å². The van der Waals surface area contributed by atoms with Crippen LogP contribution in [0, 0.1) is 0 Å². The second-order valence-corrected chi connectivity index (χ2v) is 5.89. The van der Waals surface area contributed by atoms with Crippen LogP contribution < -0.4 is 10.1 Å². The lowest BCUT2D eigenvalue weighted by Crippen LogP contribution is -2.22. The van der Waals surface area contributed by atoms with Gasteiger partial charge in [-0.2, -0.15) is 0 Å². The van der Waals surface area contributed by atoms with Gasteiger partial charge in [0, 0.05) is 19.6 Å². The van der Waals surface area contributed by atoms with Crippen molar-refractivity contribution >= 4 is 5.91 Å². The number of ether oxygens (including phenoxy) is 2. The maximum atomic E-state index is 12.0. The third-order valence-corrected chi connectivity index (χ3v) is 4.07. The van der Waals surface area contributed by atoms with Crippen LogP contribution in [0.1, 0.15) is 41.6 Å². The maximum Gasteiger partial charge on any atom is 0.287 e. The summed E-state index contributed by atoms with van der Waals surface area (Å²) < 4.78 is 16.7. The molecule has 1 aromatic carbocycles. The predicted molar refractivity (Wildman–Crippen MR) is 90.2 cm³/mol. The van der Waals surface area contributed by atoms with Crippen LogP contribution in [-0.4, -0.2) is 25.2 Å². The van der Waals surface area contributed by atoms with Crippen molar-refractivity contribution in [2.75, 3.05) is 13.2 Å². The highest BCUT2D eigenvalue weighted by atomic mass is 16.5. The molecule has 2 heterocycles. The molecule has 1 atom stereocenters. The van der Waals surface area contributed by atoms with Gasteiger partial charge in [0.15, 0.2) is 5.76 Å². The smallest absolute Gasteiger partial charge is 0.287 e. The van der Waals surface area contributed by atoms with Gasteiger partial charge in [0.05, 0.1) is 6.10 Å². The Hall–Kier alpha value is -2.27. The normalized spacial score (nSPS) is 17.0. The number of hydrogen-bond acceptors (Lipinski definition) is 4. The number of nitrogens with one attached hydrogen (secondary N) is 1. The quantitative estimate of drug-likeness (QED) is 0.846. The van der Waals surface area contributed by atoms with E-state index in [0.29, 0.717) is 18.9 Å². The zero-order valence-electron chi connectivity index (χ0n) is 13.9. The van der Waals surface area contributed by atoms with Crippen LogP contribution in [0.4, 0.5) is 0 Å². The second kappa shape index (κ2) is 8.02. The Morgan fingerprint density at radius 1 is 1.25 bits per heavy atom. The van der Waals surface area contributed by atoms with E-state index in [2.05, 4.69) is 5.32 Å². The van der Waals surface area contributed by atoms with Gasteiger partial charge in [-0.1, -0.05) is 19.1 Å². The monoisotopic (exact) mass is 329 g/mol. The molecule has 0 saturated carbocycles. The Morgan fingerprint density at radius 2 is 2.08 bits per heavy atom. The number of amides is 1. The largest absolute Gasteiger partial charge is 0.491 e. The van der Waals surface area contributed by atoms with E-state index in [4.69, 9.17) is 13.9 Å². The molecule has 2 aromatic rings. The topological polar surface area (TPSA) is 60.7 Å². The fourth-order valence-corrected chi connectivity index (χ4v) is 2.63. The number of hydrogen-bond donors (Lipinski definition) is 1. The Balaban J connectivity index is 1.46. The van der Waals surface area contributed by atoms with Crippen molar-refractivity contribution in [1.29, 1.82) is 0 Å². The summed E-state index contributed by atoms with van der Waals surface area (Å²) in [7, 11) is 0. The Bertz CT molecular complexity index is 656. The van der Waals surface area contributed by atoms with Crippen LogP contribution in [-0.2, 0) is 17.7 Å². The number of aryl methyl sites for hydroxylation is 1. The Labute approximate surface area is 141 Å². The lowest BCUT2D eigenvalue weighted by atomic mass is 10.2. The summed E-state index contributed by atoms with van der Waals surface area (Å²) in [6, 6.07) is 11.3. The summed E-state index contributed by atoms with van der Waals surface area (Å²) >= 11 is 0. The minimum absolute atomic E-state index is 0.201. The van der Waals surface area contributed by atoms with Gasteiger partial charge >= 0.3 is 0 Å². The number of furan rings is 1. The molecule has 0 radical (unpaired) electrons. The fourth-order valence-electron chi connectivity index (χ4n) is 2.63. The molecule has 5 nitrogen and oxygen atoms in total. The van der Waals surface area contributed by atoms with Crippen LogP contribution in [0.25, 0.3) is 0 Å². The highest BCUT2D eigenvalue weighted by Gasteiger charge is 2.16. The number of carbonyl (C=O) groups is 1. The average molecular weight is 329 g/mol. The summed E-state index contributed by atoms with van der Waals surface area (Å²) in [6.07, 6.45) is 3.17.